The average molecular weight is 238 g/mol. The highest BCUT2D eigenvalue weighted by molar-refractivity contribution is 5.92. The van der Waals surface area contributed by atoms with Gasteiger partial charge in [-0.15, -0.1) is 0 Å². The molecule has 1 saturated heterocycles. The summed E-state index contributed by atoms with van der Waals surface area (Å²) in [5.41, 5.74) is 0.279. The van der Waals surface area contributed by atoms with Gasteiger partial charge < -0.3 is 14.5 Å². The molecule has 2 rings (SSSR count). The SMILES string of the molecule is O=C(O)CC1CCCN(C(=O)c2ccon2)C1. The number of carbonyl (C=O) groups is 2. The zero-order chi connectivity index (χ0) is 12.3. The second kappa shape index (κ2) is 4.99. The molecule has 6 heteroatoms. The third-order valence-electron chi connectivity index (χ3n) is 2.93. The molecule has 0 aromatic carbocycles. The number of nitrogens with zero attached hydrogens (tertiary/aromatic N) is 2. The molecule has 1 fully saturated rings. The number of aromatic nitrogens is 1. The van der Waals surface area contributed by atoms with Crippen molar-refractivity contribution < 1.29 is 19.2 Å². The van der Waals surface area contributed by atoms with Crippen molar-refractivity contribution >= 4 is 11.9 Å². The number of hydrogen-bond acceptors (Lipinski definition) is 4. The van der Waals surface area contributed by atoms with Crippen LogP contribution in [0.3, 0.4) is 0 Å². The first-order valence-corrected chi connectivity index (χ1v) is 5.58. The monoisotopic (exact) mass is 238 g/mol. The van der Waals surface area contributed by atoms with Gasteiger partial charge in [0.15, 0.2) is 5.69 Å². The molecule has 1 aromatic heterocycles. The van der Waals surface area contributed by atoms with Gasteiger partial charge in [0.25, 0.3) is 5.91 Å². The standard InChI is InChI=1S/C11H14N2O4/c14-10(15)6-8-2-1-4-13(7-8)11(16)9-3-5-17-12-9/h3,5,8H,1-2,4,6-7H2,(H,14,15). The van der Waals surface area contributed by atoms with Crippen LogP contribution in [-0.4, -0.2) is 40.1 Å². The number of hydrogen-bond donors (Lipinski definition) is 1. The third kappa shape index (κ3) is 2.83. The van der Waals surface area contributed by atoms with E-state index in [1.54, 1.807) is 4.90 Å². The van der Waals surface area contributed by atoms with Crippen LogP contribution >= 0.6 is 0 Å². The molecular formula is C11H14N2O4. The van der Waals surface area contributed by atoms with Gasteiger partial charge in [-0.25, -0.2) is 0 Å². The Balaban J connectivity index is 1.97. The molecule has 1 atom stereocenters. The molecule has 0 bridgehead atoms. The quantitative estimate of drug-likeness (QED) is 0.849. The fourth-order valence-electron chi connectivity index (χ4n) is 2.15. The predicted molar refractivity (Wildman–Crippen MR) is 57.4 cm³/mol. The summed E-state index contributed by atoms with van der Waals surface area (Å²) < 4.78 is 4.63. The van der Waals surface area contributed by atoms with Crippen molar-refractivity contribution in [3.8, 4) is 0 Å². The van der Waals surface area contributed by atoms with Crippen LogP contribution in [0.4, 0.5) is 0 Å². The van der Waals surface area contributed by atoms with Gasteiger partial charge in [-0.3, -0.25) is 9.59 Å². The Morgan fingerprint density at radius 2 is 2.41 bits per heavy atom. The van der Waals surface area contributed by atoms with Crippen LogP contribution in [0.5, 0.6) is 0 Å². The Morgan fingerprint density at radius 1 is 1.59 bits per heavy atom. The fourth-order valence-corrected chi connectivity index (χ4v) is 2.15. The molecule has 1 N–H and O–H groups in total. The third-order valence-corrected chi connectivity index (χ3v) is 2.93. The molecule has 0 spiro atoms. The lowest BCUT2D eigenvalue weighted by Gasteiger charge is -2.31. The molecule has 0 radical (unpaired) electrons. The summed E-state index contributed by atoms with van der Waals surface area (Å²) in [4.78, 5) is 24.2. The van der Waals surface area contributed by atoms with Crippen LogP contribution < -0.4 is 0 Å². The van der Waals surface area contributed by atoms with Gasteiger partial charge in [-0.05, 0) is 18.8 Å². The van der Waals surface area contributed by atoms with Crippen LogP contribution in [0.25, 0.3) is 0 Å². The summed E-state index contributed by atoms with van der Waals surface area (Å²) in [6.45, 7) is 1.14. The van der Waals surface area contributed by atoms with E-state index >= 15 is 0 Å². The van der Waals surface area contributed by atoms with E-state index in [0.717, 1.165) is 12.8 Å². The first kappa shape index (κ1) is 11.6. The van der Waals surface area contributed by atoms with Gasteiger partial charge in [0, 0.05) is 25.6 Å². The second-order valence-corrected chi connectivity index (χ2v) is 4.24. The van der Waals surface area contributed by atoms with E-state index in [1.807, 2.05) is 0 Å². The van der Waals surface area contributed by atoms with Crippen LogP contribution in [0.15, 0.2) is 16.9 Å². The van der Waals surface area contributed by atoms with E-state index in [-0.39, 0.29) is 23.9 Å². The van der Waals surface area contributed by atoms with E-state index in [0.29, 0.717) is 13.1 Å². The van der Waals surface area contributed by atoms with Gasteiger partial charge in [0.05, 0.1) is 0 Å². The van der Waals surface area contributed by atoms with Crippen LogP contribution in [-0.2, 0) is 4.79 Å². The number of rotatable bonds is 3. The summed E-state index contributed by atoms with van der Waals surface area (Å²) >= 11 is 0. The number of carboxylic acid groups (broad SMARTS) is 1. The summed E-state index contributed by atoms with van der Waals surface area (Å²) in [5.74, 6) is -0.961. The lowest BCUT2D eigenvalue weighted by molar-refractivity contribution is -0.138. The number of aliphatic carboxylic acids is 1. The largest absolute Gasteiger partial charge is 0.481 e. The number of piperidine rings is 1. The number of carboxylic acids is 1. The van der Waals surface area contributed by atoms with E-state index in [4.69, 9.17) is 5.11 Å². The topological polar surface area (TPSA) is 83.6 Å². The molecule has 2 heterocycles. The highest BCUT2D eigenvalue weighted by Crippen LogP contribution is 2.20. The molecule has 92 valence electrons. The Kier molecular flexibility index (Phi) is 3.41. The number of carbonyl (C=O) groups excluding carboxylic acids is 1. The van der Waals surface area contributed by atoms with Crippen LogP contribution in [0.2, 0.25) is 0 Å². The van der Waals surface area contributed by atoms with Gasteiger partial charge in [0.2, 0.25) is 0 Å². The zero-order valence-corrected chi connectivity index (χ0v) is 9.33. The van der Waals surface area contributed by atoms with Crippen molar-refractivity contribution in [2.24, 2.45) is 5.92 Å². The van der Waals surface area contributed by atoms with Crippen LogP contribution in [0.1, 0.15) is 29.8 Å². The zero-order valence-electron chi connectivity index (χ0n) is 9.33. The predicted octanol–water partition coefficient (Wildman–Crippen LogP) is 1.00. The molecule has 0 aliphatic carbocycles. The van der Waals surface area contributed by atoms with Gasteiger partial charge >= 0.3 is 5.97 Å². The highest BCUT2D eigenvalue weighted by atomic mass is 16.5. The van der Waals surface area contributed by atoms with E-state index < -0.39 is 5.97 Å². The normalized spacial score (nSPS) is 20.2. The van der Waals surface area contributed by atoms with E-state index in [2.05, 4.69) is 9.68 Å². The maximum absolute atomic E-state index is 11.9. The summed E-state index contributed by atoms with van der Waals surface area (Å²) in [6.07, 6.45) is 3.16. The molecule has 17 heavy (non-hydrogen) atoms. The first-order chi connectivity index (χ1) is 8.16. The minimum absolute atomic E-state index is 0.0390. The smallest absolute Gasteiger partial charge is 0.303 e. The van der Waals surface area contributed by atoms with Crippen molar-refractivity contribution in [2.45, 2.75) is 19.3 Å². The number of amides is 1. The highest BCUT2D eigenvalue weighted by Gasteiger charge is 2.26. The van der Waals surface area contributed by atoms with Crippen molar-refractivity contribution in [2.75, 3.05) is 13.1 Å². The van der Waals surface area contributed by atoms with Gasteiger partial charge in [0.1, 0.15) is 6.26 Å². The fraction of sp³-hybridized carbons (Fsp3) is 0.545. The molecule has 1 aliphatic heterocycles. The lowest BCUT2D eigenvalue weighted by atomic mass is 9.95. The van der Waals surface area contributed by atoms with Crippen molar-refractivity contribution in [3.63, 3.8) is 0 Å². The van der Waals surface area contributed by atoms with Gasteiger partial charge in [-0.1, -0.05) is 5.16 Å². The Bertz CT molecular complexity index is 402. The van der Waals surface area contributed by atoms with Crippen molar-refractivity contribution in [3.05, 3.63) is 18.0 Å². The van der Waals surface area contributed by atoms with Crippen molar-refractivity contribution in [1.29, 1.82) is 0 Å². The minimum atomic E-state index is -0.814. The lowest BCUT2D eigenvalue weighted by Crippen LogP contribution is -2.40. The summed E-state index contributed by atoms with van der Waals surface area (Å²) in [6, 6.07) is 1.52. The van der Waals surface area contributed by atoms with E-state index in [9.17, 15) is 9.59 Å². The number of likely N-dealkylation sites (tertiary alicyclic amines) is 1. The van der Waals surface area contributed by atoms with Crippen LogP contribution in [0, 0.1) is 5.92 Å². The molecule has 1 aromatic rings. The Morgan fingerprint density at radius 3 is 3.06 bits per heavy atom. The molecule has 6 nitrogen and oxygen atoms in total. The maximum atomic E-state index is 11.9. The minimum Gasteiger partial charge on any atom is -0.481 e. The molecule has 1 amide bonds. The summed E-state index contributed by atoms with van der Waals surface area (Å²) in [7, 11) is 0. The van der Waals surface area contributed by atoms with Gasteiger partial charge in [-0.2, -0.15) is 0 Å². The first-order valence-electron chi connectivity index (χ1n) is 5.58. The second-order valence-electron chi connectivity index (χ2n) is 4.24. The average Bonchev–Trinajstić information content (AvgIpc) is 2.81. The maximum Gasteiger partial charge on any atom is 0.303 e. The van der Waals surface area contributed by atoms with E-state index in [1.165, 1.54) is 12.3 Å². The molecule has 0 saturated carbocycles. The molecule has 1 aliphatic rings. The Hall–Kier alpha value is -1.85. The molecular weight excluding hydrogens is 224 g/mol. The molecule has 1 unspecified atom stereocenters. The summed E-state index contributed by atoms with van der Waals surface area (Å²) in [5, 5.41) is 12.3. The Labute approximate surface area is 98.2 Å². The van der Waals surface area contributed by atoms with Crippen molar-refractivity contribution in [1.82, 2.24) is 10.1 Å².